The third-order valence-corrected chi connectivity index (χ3v) is 1.65. The number of nitrogens with zero attached hydrogens (tertiary/aromatic N) is 2. The molecule has 0 radical (unpaired) electrons. The van der Waals surface area contributed by atoms with E-state index in [-0.39, 0.29) is 18.4 Å². The maximum atomic E-state index is 4.15. The van der Waals surface area contributed by atoms with E-state index in [0.717, 1.165) is 12.2 Å². The minimum atomic E-state index is 0. The van der Waals surface area contributed by atoms with E-state index in [4.69, 9.17) is 0 Å². The summed E-state index contributed by atoms with van der Waals surface area (Å²) in [5.41, 5.74) is 0. The molecule has 0 bridgehead atoms. The molecule has 12 heavy (non-hydrogen) atoms. The fraction of sp³-hybridized carbons (Fsp3) is 0.500. The van der Waals surface area contributed by atoms with Crippen molar-refractivity contribution < 1.29 is 0 Å². The molecular weight excluding hydrogens is 174 g/mol. The van der Waals surface area contributed by atoms with Crippen molar-refractivity contribution in [2.75, 3.05) is 7.05 Å². The van der Waals surface area contributed by atoms with Crippen molar-refractivity contribution in [2.45, 2.75) is 19.4 Å². The molecule has 1 N–H and O–H groups in total. The zero-order chi connectivity index (χ0) is 8.10. The van der Waals surface area contributed by atoms with Crippen LogP contribution in [-0.4, -0.2) is 17.0 Å². The summed E-state index contributed by atoms with van der Waals surface area (Å²) < 4.78 is 0. The third kappa shape index (κ3) is 2.75. The molecule has 0 saturated carbocycles. The van der Waals surface area contributed by atoms with Crippen LogP contribution in [-0.2, 0) is 0 Å². The number of hydrogen-bond donors (Lipinski definition) is 1. The number of rotatable bonds is 3. The molecule has 1 aromatic rings. The molecule has 0 aromatic carbocycles. The van der Waals surface area contributed by atoms with Crippen LogP contribution in [0.2, 0.25) is 0 Å². The summed E-state index contributed by atoms with van der Waals surface area (Å²) in [4.78, 5) is 8.29. The van der Waals surface area contributed by atoms with E-state index in [9.17, 15) is 0 Å². The molecule has 1 atom stereocenters. The SMILES string of the molecule is CCC(NC)c1ncccn1.Cl. The number of nitrogens with one attached hydrogen (secondary N) is 1. The van der Waals surface area contributed by atoms with Crippen molar-refractivity contribution in [1.29, 1.82) is 0 Å². The molecule has 0 spiro atoms. The van der Waals surface area contributed by atoms with Gasteiger partial charge in [0.15, 0.2) is 0 Å². The molecule has 68 valence electrons. The Balaban J connectivity index is 0.00000121. The monoisotopic (exact) mass is 187 g/mol. The fourth-order valence-corrected chi connectivity index (χ4v) is 1.01. The molecule has 3 nitrogen and oxygen atoms in total. The molecule has 1 rings (SSSR count). The molecule has 0 fully saturated rings. The molecule has 4 heteroatoms. The quantitative estimate of drug-likeness (QED) is 0.781. The van der Waals surface area contributed by atoms with E-state index in [1.165, 1.54) is 0 Å². The predicted octanol–water partition coefficient (Wildman–Crippen LogP) is 1.57. The average Bonchev–Trinajstić information content (AvgIpc) is 2.09. The Morgan fingerprint density at radius 2 is 2.00 bits per heavy atom. The highest BCUT2D eigenvalue weighted by Gasteiger charge is 2.06. The largest absolute Gasteiger partial charge is 0.310 e. The highest BCUT2D eigenvalue weighted by molar-refractivity contribution is 5.85. The number of halogens is 1. The van der Waals surface area contributed by atoms with Crippen LogP contribution in [0.25, 0.3) is 0 Å². The summed E-state index contributed by atoms with van der Waals surface area (Å²) in [6.45, 7) is 2.11. The van der Waals surface area contributed by atoms with Gasteiger partial charge in [0, 0.05) is 12.4 Å². The Kier molecular flexibility index (Phi) is 5.58. The van der Waals surface area contributed by atoms with Crippen LogP contribution in [0.3, 0.4) is 0 Å². The van der Waals surface area contributed by atoms with Crippen molar-refractivity contribution in [3.8, 4) is 0 Å². The number of hydrogen-bond acceptors (Lipinski definition) is 3. The van der Waals surface area contributed by atoms with E-state index in [1.807, 2.05) is 13.1 Å². The highest BCUT2D eigenvalue weighted by atomic mass is 35.5. The van der Waals surface area contributed by atoms with Gasteiger partial charge in [-0.15, -0.1) is 12.4 Å². The van der Waals surface area contributed by atoms with Crippen LogP contribution in [0.4, 0.5) is 0 Å². The van der Waals surface area contributed by atoms with Crippen molar-refractivity contribution in [2.24, 2.45) is 0 Å². The highest BCUT2D eigenvalue weighted by Crippen LogP contribution is 2.08. The van der Waals surface area contributed by atoms with Crippen LogP contribution in [0.1, 0.15) is 25.2 Å². The second-order valence-electron chi connectivity index (χ2n) is 2.36. The first kappa shape index (κ1) is 11.3. The molecule has 0 aliphatic carbocycles. The van der Waals surface area contributed by atoms with Crippen molar-refractivity contribution in [3.05, 3.63) is 24.3 Å². The molecule has 0 aliphatic rings. The van der Waals surface area contributed by atoms with Crippen LogP contribution in [0, 0.1) is 0 Å². The number of aromatic nitrogens is 2. The Hall–Kier alpha value is -0.670. The van der Waals surface area contributed by atoms with Crippen LogP contribution in [0.5, 0.6) is 0 Å². The summed E-state index contributed by atoms with van der Waals surface area (Å²) in [6.07, 6.45) is 4.55. The molecule has 0 saturated heterocycles. The Bertz CT molecular complexity index is 199. The lowest BCUT2D eigenvalue weighted by Crippen LogP contribution is -2.17. The first-order valence-corrected chi connectivity index (χ1v) is 3.82. The molecule has 1 aromatic heterocycles. The summed E-state index contributed by atoms with van der Waals surface area (Å²) in [5.74, 6) is 0.873. The zero-order valence-electron chi connectivity index (χ0n) is 7.32. The van der Waals surface area contributed by atoms with Crippen LogP contribution >= 0.6 is 12.4 Å². The topological polar surface area (TPSA) is 37.8 Å². The van der Waals surface area contributed by atoms with Crippen molar-refractivity contribution in [3.63, 3.8) is 0 Å². The van der Waals surface area contributed by atoms with Gasteiger partial charge < -0.3 is 5.32 Å². The summed E-state index contributed by atoms with van der Waals surface area (Å²) in [7, 11) is 1.92. The standard InChI is InChI=1S/C8H13N3.ClH/c1-3-7(9-2)8-10-5-4-6-11-8;/h4-7,9H,3H2,1-2H3;1H. The van der Waals surface area contributed by atoms with E-state index in [2.05, 4.69) is 22.2 Å². The van der Waals surface area contributed by atoms with Gasteiger partial charge >= 0.3 is 0 Å². The molecule has 1 heterocycles. The van der Waals surface area contributed by atoms with Gasteiger partial charge in [-0.2, -0.15) is 0 Å². The Morgan fingerprint density at radius 1 is 1.42 bits per heavy atom. The van der Waals surface area contributed by atoms with E-state index < -0.39 is 0 Å². The van der Waals surface area contributed by atoms with Gasteiger partial charge in [-0.1, -0.05) is 6.92 Å². The van der Waals surface area contributed by atoms with E-state index in [0.29, 0.717) is 0 Å². The van der Waals surface area contributed by atoms with Gasteiger partial charge in [0.05, 0.1) is 6.04 Å². The van der Waals surface area contributed by atoms with E-state index in [1.54, 1.807) is 12.4 Å². The lowest BCUT2D eigenvalue weighted by molar-refractivity contribution is 0.544. The fourth-order valence-electron chi connectivity index (χ4n) is 1.01. The normalized spacial score (nSPS) is 11.8. The van der Waals surface area contributed by atoms with E-state index >= 15 is 0 Å². The first-order chi connectivity index (χ1) is 5.38. The van der Waals surface area contributed by atoms with Gasteiger partial charge in [-0.3, -0.25) is 0 Å². The smallest absolute Gasteiger partial charge is 0.145 e. The van der Waals surface area contributed by atoms with Gasteiger partial charge in [0.25, 0.3) is 0 Å². The minimum Gasteiger partial charge on any atom is -0.310 e. The minimum absolute atomic E-state index is 0. The second-order valence-corrected chi connectivity index (χ2v) is 2.36. The first-order valence-electron chi connectivity index (χ1n) is 3.82. The predicted molar refractivity (Wildman–Crippen MR) is 51.4 cm³/mol. The Morgan fingerprint density at radius 3 is 2.42 bits per heavy atom. The summed E-state index contributed by atoms with van der Waals surface area (Å²) in [6, 6.07) is 2.11. The third-order valence-electron chi connectivity index (χ3n) is 1.65. The van der Waals surface area contributed by atoms with Crippen LogP contribution in [0.15, 0.2) is 18.5 Å². The van der Waals surface area contributed by atoms with Crippen molar-refractivity contribution >= 4 is 12.4 Å². The van der Waals surface area contributed by atoms with Crippen LogP contribution < -0.4 is 5.32 Å². The molecule has 0 amide bonds. The lowest BCUT2D eigenvalue weighted by Gasteiger charge is -2.10. The molecular formula is C8H14ClN3. The average molecular weight is 188 g/mol. The maximum Gasteiger partial charge on any atom is 0.145 e. The summed E-state index contributed by atoms with van der Waals surface area (Å²) in [5, 5.41) is 3.14. The lowest BCUT2D eigenvalue weighted by atomic mass is 10.2. The van der Waals surface area contributed by atoms with Gasteiger partial charge in [-0.05, 0) is 19.5 Å². The maximum absolute atomic E-state index is 4.15. The van der Waals surface area contributed by atoms with Crippen molar-refractivity contribution in [1.82, 2.24) is 15.3 Å². The Labute approximate surface area is 79.0 Å². The molecule has 1 unspecified atom stereocenters. The summed E-state index contributed by atoms with van der Waals surface area (Å²) >= 11 is 0. The second kappa shape index (κ2) is 5.91. The van der Waals surface area contributed by atoms with Gasteiger partial charge in [-0.25, -0.2) is 9.97 Å². The molecule has 0 aliphatic heterocycles. The van der Waals surface area contributed by atoms with Gasteiger partial charge in [0.1, 0.15) is 5.82 Å². The van der Waals surface area contributed by atoms with Gasteiger partial charge in [0.2, 0.25) is 0 Å². The zero-order valence-corrected chi connectivity index (χ0v) is 8.14.